The van der Waals surface area contributed by atoms with E-state index in [-0.39, 0.29) is 16.8 Å². The first-order valence-electron chi connectivity index (χ1n) is 7.78. The molecule has 0 radical (unpaired) electrons. The summed E-state index contributed by atoms with van der Waals surface area (Å²) in [6.45, 7) is -0.597. The number of esters is 1. The van der Waals surface area contributed by atoms with Crippen LogP contribution >= 0.6 is 11.3 Å². The summed E-state index contributed by atoms with van der Waals surface area (Å²) in [4.78, 5) is 49.7. The first-order chi connectivity index (χ1) is 13.4. The van der Waals surface area contributed by atoms with Gasteiger partial charge in [-0.1, -0.05) is 0 Å². The molecule has 0 saturated carbocycles. The van der Waals surface area contributed by atoms with Crippen molar-refractivity contribution in [3.8, 4) is 0 Å². The molecule has 0 atom stereocenters. The maximum Gasteiger partial charge on any atom is 0.338 e. The van der Waals surface area contributed by atoms with Crippen molar-refractivity contribution in [2.24, 2.45) is 0 Å². The molecule has 142 valence electrons. The number of hydrogen-bond donors (Lipinski definition) is 2. The first-order valence-corrected chi connectivity index (χ1v) is 8.66. The molecule has 0 saturated heterocycles. The highest BCUT2D eigenvalue weighted by molar-refractivity contribution is 7.16. The Kier molecular flexibility index (Phi) is 5.56. The number of nitro benzene ring substituents is 1. The van der Waals surface area contributed by atoms with Crippen LogP contribution in [-0.4, -0.2) is 34.3 Å². The Balaban J connectivity index is 1.47. The number of thiazole rings is 1. The summed E-state index contributed by atoms with van der Waals surface area (Å²) >= 11 is 1.37. The van der Waals surface area contributed by atoms with E-state index in [1.54, 1.807) is 23.7 Å². The number of amides is 2. The molecule has 2 amide bonds. The van der Waals surface area contributed by atoms with E-state index in [0.29, 0.717) is 0 Å². The number of carbonyl (C=O) groups excluding carboxylic acids is 3. The van der Waals surface area contributed by atoms with Gasteiger partial charge in [0.05, 0.1) is 26.2 Å². The van der Waals surface area contributed by atoms with E-state index in [1.165, 1.54) is 35.6 Å². The Hall–Kier alpha value is -3.86. The minimum absolute atomic E-state index is 0.112. The van der Waals surface area contributed by atoms with Crippen molar-refractivity contribution in [2.75, 3.05) is 6.61 Å². The van der Waals surface area contributed by atoms with Crippen molar-refractivity contribution >= 4 is 45.0 Å². The largest absolute Gasteiger partial charge is 0.452 e. The fourth-order valence-electron chi connectivity index (χ4n) is 2.17. The van der Waals surface area contributed by atoms with E-state index in [4.69, 9.17) is 4.74 Å². The van der Waals surface area contributed by atoms with Gasteiger partial charge in [0, 0.05) is 17.7 Å². The Morgan fingerprint density at radius 1 is 1.07 bits per heavy atom. The van der Waals surface area contributed by atoms with Gasteiger partial charge in [-0.3, -0.25) is 30.6 Å². The first kappa shape index (κ1) is 18.9. The highest BCUT2D eigenvalue weighted by atomic mass is 32.1. The number of aromatic nitrogens is 1. The highest BCUT2D eigenvalue weighted by Crippen LogP contribution is 2.19. The van der Waals surface area contributed by atoms with Crippen molar-refractivity contribution < 1.29 is 24.0 Å². The molecule has 3 aromatic rings. The minimum Gasteiger partial charge on any atom is -0.452 e. The smallest absolute Gasteiger partial charge is 0.338 e. The van der Waals surface area contributed by atoms with E-state index in [9.17, 15) is 24.5 Å². The Morgan fingerprint density at radius 2 is 1.79 bits per heavy atom. The van der Waals surface area contributed by atoms with E-state index in [1.807, 2.05) is 0 Å². The standard InChI is InChI=1S/C17H12N4O6S/c22-15(19-20-16(23)10-1-4-12(5-2-10)21(25)26)8-27-17(24)11-3-6-13-14(7-11)28-9-18-13/h1-7,9H,8H2,(H,19,22)(H,20,23). The van der Waals surface area contributed by atoms with Crippen molar-refractivity contribution in [1.82, 2.24) is 15.8 Å². The van der Waals surface area contributed by atoms with Crippen molar-refractivity contribution in [2.45, 2.75) is 0 Å². The molecule has 3 rings (SSSR count). The van der Waals surface area contributed by atoms with Gasteiger partial charge in [0.25, 0.3) is 17.5 Å². The molecule has 11 heteroatoms. The lowest BCUT2D eigenvalue weighted by Gasteiger charge is -2.08. The molecule has 0 aliphatic heterocycles. The van der Waals surface area contributed by atoms with E-state index >= 15 is 0 Å². The monoisotopic (exact) mass is 400 g/mol. The summed E-state index contributed by atoms with van der Waals surface area (Å²) in [5.74, 6) is -2.11. The predicted molar refractivity (Wildman–Crippen MR) is 98.6 cm³/mol. The van der Waals surface area contributed by atoms with Gasteiger partial charge in [-0.05, 0) is 30.3 Å². The SMILES string of the molecule is O=C(COC(=O)c1ccc2ncsc2c1)NNC(=O)c1ccc([N+](=O)[O-])cc1. The third-order valence-electron chi connectivity index (χ3n) is 3.56. The third-order valence-corrected chi connectivity index (χ3v) is 4.35. The van der Waals surface area contributed by atoms with Crippen molar-refractivity contribution in [1.29, 1.82) is 0 Å². The van der Waals surface area contributed by atoms with Gasteiger partial charge >= 0.3 is 5.97 Å². The van der Waals surface area contributed by atoms with E-state index in [2.05, 4.69) is 15.8 Å². The van der Waals surface area contributed by atoms with Gasteiger partial charge < -0.3 is 4.74 Å². The van der Waals surface area contributed by atoms with Crippen LogP contribution in [0.4, 0.5) is 5.69 Å². The van der Waals surface area contributed by atoms with Crippen LogP contribution in [0.1, 0.15) is 20.7 Å². The molecule has 0 aliphatic carbocycles. The van der Waals surface area contributed by atoms with Crippen molar-refractivity contribution in [3.05, 3.63) is 69.2 Å². The van der Waals surface area contributed by atoms with Crippen LogP contribution in [0.2, 0.25) is 0 Å². The second-order valence-electron chi connectivity index (χ2n) is 5.42. The zero-order valence-corrected chi connectivity index (χ0v) is 14.9. The summed E-state index contributed by atoms with van der Waals surface area (Å²) in [5, 5.41) is 10.6. The number of rotatable bonds is 5. The number of nitro groups is 1. The summed E-state index contributed by atoms with van der Waals surface area (Å²) in [7, 11) is 0. The van der Waals surface area contributed by atoms with Gasteiger partial charge in [-0.2, -0.15) is 0 Å². The number of hydrazine groups is 1. The van der Waals surface area contributed by atoms with Gasteiger partial charge in [0.15, 0.2) is 6.61 Å². The van der Waals surface area contributed by atoms with Gasteiger partial charge in [-0.15, -0.1) is 11.3 Å². The second kappa shape index (κ2) is 8.22. The maximum atomic E-state index is 12.0. The summed E-state index contributed by atoms with van der Waals surface area (Å²) in [6.07, 6.45) is 0. The number of hydrogen-bond acceptors (Lipinski definition) is 8. The zero-order chi connectivity index (χ0) is 20.1. The Bertz CT molecular complexity index is 1060. The van der Waals surface area contributed by atoms with E-state index in [0.717, 1.165) is 10.2 Å². The summed E-state index contributed by atoms with van der Waals surface area (Å²) in [5.41, 5.74) is 6.86. The molecule has 0 bridgehead atoms. The fraction of sp³-hybridized carbons (Fsp3) is 0.0588. The average molecular weight is 400 g/mol. The predicted octanol–water partition coefficient (Wildman–Crippen LogP) is 1.82. The molecule has 0 aliphatic rings. The molecule has 2 N–H and O–H groups in total. The maximum absolute atomic E-state index is 12.0. The lowest BCUT2D eigenvalue weighted by Crippen LogP contribution is -2.43. The van der Waals surface area contributed by atoms with Crippen LogP contribution in [0.25, 0.3) is 10.2 Å². The average Bonchev–Trinajstić information content (AvgIpc) is 3.18. The molecular weight excluding hydrogens is 388 g/mol. The van der Waals surface area contributed by atoms with E-state index < -0.39 is 29.3 Å². The van der Waals surface area contributed by atoms with Crippen LogP contribution < -0.4 is 10.9 Å². The lowest BCUT2D eigenvalue weighted by atomic mass is 10.2. The number of carbonyl (C=O) groups is 3. The van der Waals surface area contributed by atoms with Crippen LogP contribution in [0.15, 0.2) is 48.0 Å². The number of ether oxygens (including phenoxy) is 1. The summed E-state index contributed by atoms with van der Waals surface area (Å²) < 4.78 is 5.72. The molecule has 0 unspecified atom stereocenters. The molecule has 10 nitrogen and oxygen atoms in total. The van der Waals surface area contributed by atoms with Gasteiger partial charge in [0.2, 0.25) is 0 Å². The van der Waals surface area contributed by atoms with Crippen LogP contribution in [0, 0.1) is 10.1 Å². The van der Waals surface area contributed by atoms with Crippen LogP contribution in [0.3, 0.4) is 0 Å². The fourth-order valence-corrected chi connectivity index (χ4v) is 2.88. The molecule has 2 aromatic carbocycles. The number of nitrogens with zero attached hydrogens (tertiary/aromatic N) is 2. The molecule has 1 aromatic heterocycles. The van der Waals surface area contributed by atoms with Gasteiger partial charge in [0.1, 0.15) is 0 Å². The topological polar surface area (TPSA) is 141 Å². The Labute approximate surface area is 161 Å². The van der Waals surface area contributed by atoms with Crippen LogP contribution in [0.5, 0.6) is 0 Å². The van der Waals surface area contributed by atoms with Gasteiger partial charge in [-0.25, -0.2) is 9.78 Å². The minimum atomic E-state index is -0.748. The lowest BCUT2D eigenvalue weighted by molar-refractivity contribution is -0.384. The molecular formula is C17H12N4O6S. The van der Waals surface area contributed by atoms with Crippen LogP contribution in [-0.2, 0) is 9.53 Å². The van der Waals surface area contributed by atoms with Crippen molar-refractivity contribution in [3.63, 3.8) is 0 Å². The third kappa shape index (κ3) is 4.45. The highest BCUT2D eigenvalue weighted by Gasteiger charge is 2.13. The number of benzene rings is 2. The quantitative estimate of drug-likeness (QED) is 0.378. The molecule has 1 heterocycles. The summed E-state index contributed by atoms with van der Waals surface area (Å²) in [6, 6.07) is 9.65. The Morgan fingerprint density at radius 3 is 2.50 bits per heavy atom. The normalized spacial score (nSPS) is 10.3. The molecule has 28 heavy (non-hydrogen) atoms. The number of nitrogens with one attached hydrogen (secondary N) is 2. The zero-order valence-electron chi connectivity index (χ0n) is 14.1. The number of fused-ring (bicyclic) bond motifs is 1. The second-order valence-corrected chi connectivity index (χ2v) is 6.30. The molecule has 0 fully saturated rings. The molecule has 0 spiro atoms. The number of non-ortho nitro benzene ring substituents is 1.